The second-order valence-electron chi connectivity index (χ2n) is 5.04. The molecule has 1 unspecified atom stereocenters. The second kappa shape index (κ2) is 7.02. The SMILES string of the molecule is CCCNc1ncc(F)c(NC(C)c2ccccc2C)n1. The Morgan fingerprint density at radius 3 is 2.76 bits per heavy atom. The molecule has 1 atom stereocenters. The van der Waals surface area contributed by atoms with Crippen LogP contribution in [-0.4, -0.2) is 16.5 Å². The van der Waals surface area contributed by atoms with Gasteiger partial charge in [0.25, 0.3) is 0 Å². The first-order valence-electron chi connectivity index (χ1n) is 7.20. The Hall–Kier alpha value is -2.17. The van der Waals surface area contributed by atoms with Gasteiger partial charge in [-0.05, 0) is 31.4 Å². The molecule has 0 aliphatic rings. The standard InChI is InChI=1S/C16H21FN4/c1-4-9-18-16-19-10-14(17)15(21-16)20-12(3)13-8-6-5-7-11(13)2/h5-8,10,12H,4,9H2,1-3H3,(H2,18,19,20,21). The lowest BCUT2D eigenvalue weighted by atomic mass is 10.0. The predicted octanol–water partition coefficient (Wildman–Crippen LogP) is 3.92. The summed E-state index contributed by atoms with van der Waals surface area (Å²) in [6.45, 7) is 6.84. The number of anilines is 2. The molecule has 2 N–H and O–H groups in total. The smallest absolute Gasteiger partial charge is 0.224 e. The number of hydrogen-bond acceptors (Lipinski definition) is 4. The van der Waals surface area contributed by atoms with Crippen molar-refractivity contribution in [2.75, 3.05) is 17.2 Å². The van der Waals surface area contributed by atoms with Crippen LogP contribution in [0.2, 0.25) is 0 Å². The van der Waals surface area contributed by atoms with E-state index in [1.807, 2.05) is 38.1 Å². The van der Waals surface area contributed by atoms with Crippen molar-refractivity contribution in [1.82, 2.24) is 9.97 Å². The van der Waals surface area contributed by atoms with Crippen molar-refractivity contribution in [2.45, 2.75) is 33.2 Å². The molecular formula is C16H21FN4. The fraction of sp³-hybridized carbons (Fsp3) is 0.375. The van der Waals surface area contributed by atoms with Crippen molar-refractivity contribution >= 4 is 11.8 Å². The number of nitrogens with zero attached hydrogens (tertiary/aromatic N) is 2. The van der Waals surface area contributed by atoms with Gasteiger partial charge in [-0.3, -0.25) is 0 Å². The molecule has 0 amide bonds. The average molecular weight is 288 g/mol. The van der Waals surface area contributed by atoms with E-state index >= 15 is 0 Å². The molecule has 0 bridgehead atoms. The third-order valence-electron chi connectivity index (χ3n) is 3.29. The lowest BCUT2D eigenvalue weighted by Crippen LogP contribution is -2.13. The molecule has 1 aromatic carbocycles. The highest BCUT2D eigenvalue weighted by Gasteiger charge is 2.12. The number of benzene rings is 1. The average Bonchev–Trinajstić information content (AvgIpc) is 2.48. The van der Waals surface area contributed by atoms with Crippen molar-refractivity contribution in [3.8, 4) is 0 Å². The number of halogens is 1. The first-order valence-corrected chi connectivity index (χ1v) is 7.20. The lowest BCUT2D eigenvalue weighted by molar-refractivity contribution is 0.614. The van der Waals surface area contributed by atoms with Crippen molar-refractivity contribution in [3.05, 3.63) is 47.4 Å². The fourth-order valence-electron chi connectivity index (χ4n) is 2.15. The number of rotatable bonds is 6. The zero-order valence-corrected chi connectivity index (χ0v) is 12.7. The van der Waals surface area contributed by atoms with Crippen LogP contribution in [0.5, 0.6) is 0 Å². The summed E-state index contributed by atoms with van der Waals surface area (Å²) in [6, 6.07) is 8.00. The van der Waals surface area contributed by atoms with E-state index in [4.69, 9.17) is 0 Å². The Labute approximate surface area is 124 Å². The molecule has 2 aromatic rings. The topological polar surface area (TPSA) is 49.8 Å². The first kappa shape index (κ1) is 15.2. The third kappa shape index (κ3) is 3.90. The van der Waals surface area contributed by atoms with Crippen molar-refractivity contribution in [1.29, 1.82) is 0 Å². The molecule has 1 heterocycles. The van der Waals surface area contributed by atoms with Gasteiger partial charge in [-0.15, -0.1) is 0 Å². The van der Waals surface area contributed by atoms with Gasteiger partial charge in [-0.25, -0.2) is 9.37 Å². The maximum absolute atomic E-state index is 13.9. The van der Waals surface area contributed by atoms with E-state index in [0.29, 0.717) is 5.95 Å². The second-order valence-corrected chi connectivity index (χ2v) is 5.04. The Bertz CT molecular complexity index is 601. The summed E-state index contributed by atoms with van der Waals surface area (Å²) in [5.41, 5.74) is 2.29. The van der Waals surface area contributed by atoms with Crippen molar-refractivity contribution in [3.63, 3.8) is 0 Å². The van der Waals surface area contributed by atoms with Crippen LogP contribution in [0, 0.1) is 12.7 Å². The van der Waals surface area contributed by atoms with E-state index in [9.17, 15) is 4.39 Å². The molecule has 0 saturated carbocycles. The lowest BCUT2D eigenvalue weighted by Gasteiger charge is -2.17. The van der Waals surface area contributed by atoms with Gasteiger partial charge in [0.15, 0.2) is 11.6 Å². The zero-order chi connectivity index (χ0) is 15.2. The fourth-order valence-corrected chi connectivity index (χ4v) is 2.15. The molecule has 21 heavy (non-hydrogen) atoms. The molecule has 5 heteroatoms. The number of hydrogen-bond donors (Lipinski definition) is 2. The summed E-state index contributed by atoms with van der Waals surface area (Å²) >= 11 is 0. The van der Waals surface area contributed by atoms with E-state index in [-0.39, 0.29) is 11.9 Å². The normalized spacial score (nSPS) is 12.0. The summed E-state index contributed by atoms with van der Waals surface area (Å²) < 4.78 is 13.9. The van der Waals surface area contributed by atoms with Crippen LogP contribution in [0.15, 0.2) is 30.5 Å². The largest absolute Gasteiger partial charge is 0.361 e. The molecule has 2 rings (SSSR count). The molecule has 4 nitrogen and oxygen atoms in total. The minimum atomic E-state index is -0.447. The highest BCUT2D eigenvalue weighted by Crippen LogP contribution is 2.22. The molecule has 0 aliphatic heterocycles. The minimum Gasteiger partial charge on any atom is -0.361 e. The Morgan fingerprint density at radius 2 is 2.05 bits per heavy atom. The molecule has 1 aromatic heterocycles. The Balaban J connectivity index is 2.16. The zero-order valence-electron chi connectivity index (χ0n) is 12.7. The van der Waals surface area contributed by atoms with Gasteiger partial charge >= 0.3 is 0 Å². The van der Waals surface area contributed by atoms with Crippen LogP contribution >= 0.6 is 0 Å². The van der Waals surface area contributed by atoms with E-state index in [0.717, 1.165) is 24.1 Å². The number of nitrogens with one attached hydrogen (secondary N) is 2. The molecule has 0 saturated heterocycles. The van der Waals surface area contributed by atoms with Crippen LogP contribution in [0.4, 0.5) is 16.2 Å². The third-order valence-corrected chi connectivity index (χ3v) is 3.29. The van der Waals surface area contributed by atoms with E-state index in [1.165, 1.54) is 6.20 Å². The van der Waals surface area contributed by atoms with Gasteiger partial charge in [0.2, 0.25) is 5.95 Å². The van der Waals surface area contributed by atoms with Gasteiger partial charge in [-0.2, -0.15) is 4.98 Å². The highest BCUT2D eigenvalue weighted by molar-refractivity contribution is 5.44. The van der Waals surface area contributed by atoms with Crippen LogP contribution in [0.3, 0.4) is 0 Å². The summed E-state index contributed by atoms with van der Waals surface area (Å²) in [5, 5.41) is 6.18. The van der Waals surface area contributed by atoms with Crippen LogP contribution in [0.25, 0.3) is 0 Å². The van der Waals surface area contributed by atoms with E-state index in [1.54, 1.807) is 0 Å². The number of aromatic nitrogens is 2. The quantitative estimate of drug-likeness (QED) is 0.846. The van der Waals surface area contributed by atoms with Crippen LogP contribution in [-0.2, 0) is 0 Å². The van der Waals surface area contributed by atoms with Gasteiger partial charge < -0.3 is 10.6 Å². The van der Waals surface area contributed by atoms with Crippen LogP contribution < -0.4 is 10.6 Å². The highest BCUT2D eigenvalue weighted by atomic mass is 19.1. The van der Waals surface area contributed by atoms with Gasteiger partial charge in [-0.1, -0.05) is 31.2 Å². The molecule has 0 aliphatic carbocycles. The van der Waals surface area contributed by atoms with Gasteiger partial charge in [0, 0.05) is 6.54 Å². The minimum absolute atomic E-state index is 0.0328. The first-order chi connectivity index (χ1) is 10.1. The maximum Gasteiger partial charge on any atom is 0.224 e. The van der Waals surface area contributed by atoms with E-state index < -0.39 is 5.82 Å². The number of aryl methyl sites for hydroxylation is 1. The maximum atomic E-state index is 13.9. The Kier molecular flexibility index (Phi) is 5.09. The van der Waals surface area contributed by atoms with Crippen molar-refractivity contribution < 1.29 is 4.39 Å². The summed E-state index contributed by atoms with van der Waals surface area (Å²) in [6.07, 6.45) is 2.15. The Morgan fingerprint density at radius 1 is 1.29 bits per heavy atom. The van der Waals surface area contributed by atoms with Crippen molar-refractivity contribution in [2.24, 2.45) is 0 Å². The summed E-state index contributed by atoms with van der Waals surface area (Å²) in [5.74, 6) is 0.217. The molecule has 112 valence electrons. The van der Waals surface area contributed by atoms with Gasteiger partial charge in [0.05, 0.1) is 12.2 Å². The molecule has 0 fully saturated rings. The predicted molar refractivity (Wildman–Crippen MR) is 84.0 cm³/mol. The van der Waals surface area contributed by atoms with E-state index in [2.05, 4.69) is 27.5 Å². The monoisotopic (exact) mass is 288 g/mol. The van der Waals surface area contributed by atoms with Crippen LogP contribution in [0.1, 0.15) is 37.4 Å². The molecular weight excluding hydrogens is 267 g/mol. The molecule has 0 spiro atoms. The molecule has 0 radical (unpaired) electrons. The summed E-state index contributed by atoms with van der Waals surface area (Å²) in [4.78, 5) is 8.13. The van der Waals surface area contributed by atoms with Gasteiger partial charge in [0.1, 0.15) is 0 Å². The summed E-state index contributed by atoms with van der Waals surface area (Å²) in [7, 11) is 0.